The molecule has 0 radical (unpaired) electrons. The van der Waals surface area contributed by atoms with E-state index in [4.69, 9.17) is 10.4 Å². The van der Waals surface area contributed by atoms with Gasteiger partial charge in [0.15, 0.2) is 0 Å². The molecule has 3 N–H and O–H groups in total. The fraction of sp³-hybridized carbons (Fsp3) is 0.429. The Morgan fingerprint density at radius 3 is 2.21 bits per heavy atom. The van der Waals surface area contributed by atoms with Gasteiger partial charge in [0, 0.05) is 6.42 Å². The van der Waals surface area contributed by atoms with Crippen molar-refractivity contribution in [3.05, 3.63) is 0 Å². The van der Waals surface area contributed by atoms with Gasteiger partial charge in [-0.15, -0.1) is 0 Å². The summed E-state index contributed by atoms with van der Waals surface area (Å²) in [6.45, 7) is 0. The Morgan fingerprint density at radius 1 is 1.14 bits per heavy atom. The summed E-state index contributed by atoms with van der Waals surface area (Å²) in [7, 11) is 0. The molecule has 0 aliphatic heterocycles. The zero-order valence-electron chi connectivity index (χ0n) is 7.24. The maximum absolute atomic E-state index is 10.8. The second-order valence-corrected chi connectivity index (χ2v) is 2.32. The average Bonchev–Trinajstić information content (AvgIpc) is 2.12. The van der Waals surface area contributed by atoms with E-state index in [1.54, 1.807) is 6.07 Å². The van der Waals surface area contributed by atoms with Gasteiger partial charge in [-0.3, -0.25) is 25.2 Å². The predicted octanol–water partition coefficient (Wildman–Crippen LogP) is -1.09. The zero-order valence-corrected chi connectivity index (χ0v) is 7.24. The number of carboxylic acids is 1. The molecule has 7 heteroatoms. The minimum Gasteiger partial charge on any atom is -0.481 e. The van der Waals surface area contributed by atoms with Gasteiger partial charge < -0.3 is 5.11 Å². The SMILES string of the molecule is N#CCC(=O)NNC(=O)CCC(=O)O. The van der Waals surface area contributed by atoms with Crippen LogP contribution in [0.2, 0.25) is 0 Å². The molecule has 0 aliphatic carbocycles. The molecule has 7 nitrogen and oxygen atoms in total. The average molecular weight is 199 g/mol. The molecule has 2 amide bonds. The van der Waals surface area contributed by atoms with E-state index in [9.17, 15) is 14.4 Å². The Hall–Kier alpha value is -2.10. The third-order valence-corrected chi connectivity index (χ3v) is 1.15. The summed E-state index contributed by atoms with van der Waals surface area (Å²) >= 11 is 0. The van der Waals surface area contributed by atoms with Crippen LogP contribution in [0.1, 0.15) is 19.3 Å². The van der Waals surface area contributed by atoms with Gasteiger partial charge in [0.1, 0.15) is 6.42 Å². The maximum atomic E-state index is 10.8. The van der Waals surface area contributed by atoms with E-state index in [-0.39, 0.29) is 19.3 Å². The number of hydrogen-bond donors (Lipinski definition) is 3. The van der Waals surface area contributed by atoms with Crippen molar-refractivity contribution in [2.75, 3.05) is 0 Å². The zero-order chi connectivity index (χ0) is 11.0. The van der Waals surface area contributed by atoms with Gasteiger partial charge in [0.2, 0.25) is 5.91 Å². The van der Waals surface area contributed by atoms with E-state index in [0.29, 0.717) is 0 Å². The first-order valence-corrected chi connectivity index (χ1v) is 3.72. The highest BCUT2D eigenvalue weighted by Crippen LogP contribution is 1.87. The van der Waals surface area contributed by atoms with Crippen molar-refractivity contribution in [1.82, 2.24) is 10.9 Å². The highest BCUT2D eigenvalue weighted by Gasteiger charge is 2.06. The lowest BCUT2D eigenvalue weighted by Crippen LogP contribution is -2.41. The van der Waals surface area contributed by atoms with Crippen LogP contribution in [0.25, 0.3) is 0 Å². The highest BCUT2D eigenvalue weighted by atomic mass is 16.4. The number of rotatable bonds is 4. The third kappa shape index (κ3) is 6.60. The summed E-state index contributed by atoms with van der Waals surface area (Å²) in [5.74, 6) is -2.35. The lowest BCUT2D eigenvalue weighted by atomic mass is 10.3. The van der Waals surface area contributed by atoms with Crippen LogP contribution in [0.3, 0.4) is 0 Å². The van der Waals surface area contributed by atoms with Gasteiger partial charge in [-0.25, -0.2) is 0 Å². The van der Waals surface area contributed by atoms with Crippen molar-refractivity contribution in [2.24, 2.45) is 0 Å². The van der Waals surface area contributed by atoms with Crippen LogP contribution in [0, 0.1) is 11.3 Å². The van der Waals surface area contributed by atoms with Crippen LogP contribution in [-0.2, 0) is 14.4 Å². The Morgan fingerprint density at radius 2 is 1.71 bits per heavy atom. The normalized spacial score (nSPS) is 8.50. The van der Waals surface area contributed by atoms with Crippen molar-refractivity contribution in [2.45, 2.75) is 19.3 Å². The summed E-state index contributed by atoms with van der Waals surface area (Å²) in [4.78, 5) is 31.4. The molecule has 0 aromatic carbocycles. The van der Waals surface area contributed by atoms with Crippen molar-refractivity contribution in [1.29, 1.82) is 5.26 Å². The van der Waals surface area contributed by atoms with E-state index in [0.717, 1.165) is 0 Å². The van der Waals surface area contributed by atoms with Gasteiger partial charge in [-0.05, 0) is 0 Å². The van der Waals surface area contributed by atoms with Gasteiger partial charge in [0.25, 0.3) is 5.91 Å². The molecule has 0 rings (SSSR count). The monoisotopic (exact) mass is 199 g/mol. The number of carboxylic acid groups (broad SMARTS) is 1. The lowest BCUT2D eigenvalue weighted by molar-refractivity contribution is -0.139. The van der Waals surface area contributed by atoms with Gasteiger partial charge in [-0.2, -0.15) is 5.26 Å². The number of nitrogens with zero attached hydrogens (tertiary/aromatic N) is 1. The predicted molar refractivity (Wildman–Crippen MR) is 43.4 cm³/mol. The maximum Gasteiger partial charge on any atom is 0.303 e. The molecule has 0 aliphatic rings. The van der Waals surface area contributed by atoms with Crippen LogP contribution >= 0.6 is 0 Å². The number of nitriles is 1. The summed E-state index contributed by atoms with van der Waals surface area (Å²) < 4.78 is 0. The molecular weight excluding hydrogens is 190 g/mol. The van der Waals surface area contributed by atoms with Crippen LogP contribution in [0.5, 0.6) is 0 Å². The Bertz CT molecular complexity index is 281. The smallest absolute Gasteiger partial charge is 0.303 e. The highest BCUT2D eigenvalue weighted by molar-refractivity contribution is 5.84. The molecule has 14 heavy (non-hydrogen) atoms. The standard InChI is InChI=1S/C7H9N3O4/c8-4-3-6(12)10-9-5(11)1-2-7(13)14/h1-3H2,(H,9,11)(H,10,12)(H,13,14). The van der Waals surface area contributed by atoms with E-state index in [2.05, 4.69) is 0 Å². The first-order chi connectivity index (χ1) is 6.56. The van der Waals surface area contributed by atoms with E-state index < -0.39 is 17.8 Å². The van der Waals surface area contributed by atoms with Crippen LogP contribution in [-0.4, -0.2) is 22.9 Å². The molecular formula is C7H9N3O4. The fourth-order valence-corrected chi connectivity index (χ4v) is 0.538. The molecule has 0 spiro atoms. The van der Waals surface area contributed by atoms with Crippen LogP contribution in [0.4, 0.5) is 0 Å². The first kappa shape index (κ1) is 11.9. The molecule has 76 valence electrons. The molecule has 0 saturated heterocycles. The number of nitrogens with one attached hydrogen (secondary N) is 2. The minimum absolute atomic E-state index is 0.220. The third-order valence-electron chi connectivity index (χ3n) is 1.15. The first-order valence-electron chi connectivity index (χ1n) is 3.72. The second-order valence-electron chi connectivity index (χ2n) is 2.32. The Kier molecular flexibility index (Phi) is 5.46. The quantitative estimate of drug-likeness (QED) is 0.497. The van der Waals surface area contributed by atoms with Crippen molar-refractivity contribution in [3.63, 3.8) is 0 Å². The van der Waals surface area contributed by atoms with Crippen LogP contribution in [0.15, 0.2) is 0 Å². The topological polar surface area (TPSA) is 119 Å². The fourth-order valence-electron chi connectivity index (χ4n) is 0.538. The number of hydrogen-bond acceptors (Lipinski definition) is 4. The molecule has 0 heterocycles. The molecule has 0 bridgehead atoms. The number of hydrazine groups is 1. The van der Waals surface area contributed by atoms with Crippen molar-refractivity contribution in [3.8, 4) is 6.07 Å². The Balaban J connectivity index is 3.59. The van der Waals surface area contributed by atoms with E-state index in [1.807, 2.05) is 10.9 Å². The van der Waals surface area contributed by atoms with Crippen molar-refractivity contribution >= 4 is 17.8 Å². The summed E-state index contributed by atoms with van der Waals surface area (Å²) in [6, 6.07) is 1.58. The second kappa shape index (κ2) is 6.42. The van der Waals surface area contributed by atoms with Gasteiger partial charge in [-0.1, -0.05) is 0 Å². The molecule has 0 fully saturated rings. The van der Waals surface area contributed by atoms with Gasteiger partial charge in [0.05, 0.1) is 12.5 Å². The minimum atomic E-state index is -1.09. The van der Waals surface area contributed by atoms with Crippen LogP contribution < -0.4 is 10.9 Å². The van der Waals surface area contributed by atoms with Crippen molar-refractivity contribution < 1.29 is 19.5 Å². The summed E-state index contributed by atoms with van der Waals surface area (Å²) in [5, 5.41) is 16.3. The number of amides is 2. The van der Waals surface area contributed by atoms with E-state index >= 15 is 0 Å². The lowest BCUT2D eigenvalue weighted by Gasteiger charge is -2.03. The molecule has 0 atom stereocenters. The number of carbonyl (C=O) groups excluding carboxylic acids is 2. The summed E-state index contributed by atoms with van der Waals surface area (Å²) in [5.41, 5.74) is 3.92. The molecule has 0 unspecified atom stereocenters. The Labute approximate surface area is 79.7 Å². The number of aliphatic carboxylic acids is 1. The largest absolute Gasteiger partial charge is 0.481 e. The number of carbonyl (C=O) groups is 3. The summed E-state index contributed by atoms with van der Waals surface area (Å²) in [6.07, 6.45) is -0.888. The van der Waals surface area contributed by atoms with Gasteiger partial charge >= 0.3 is 5.97 Å². The molecule has 0 aromatic rings. The molecule has 0 aromatic heterocycles. The molecule has 0 saturated carbocycles. The van der Waals surface area contributed by atoms with E-state index in [1.165, 1.54) is 0 Å².